The van der Waals surface area contributed by atoms with Crippen molar-refractivity contribution in [3.8, 4) is 5.75 Å². The van der Waals surface area contributed by atoms with Crippen molar-refractivity contribution in [1.82, 2.24) is 0 Å². The average Bonchev–Trinajstić information content (AvgIpc) is 2.23. The normalized spacial score (nSPS) is 10.3. The fraction of sp³-hybridized carbons (Fsp3) is 0.455. The van der Waals surface area contributed by atoms with Crippen LogP contribution in [0.15, 0.2) is 18.2 Å². The van der Waals surface area contributed by atoms with Gasteiger partial charge in [0.25, 0.3) is 0 Å². The van der Waals surface area contributed by atoms with Crippen LogP contribution in [-0.2, 0) is 11.3 Å². The molecule has 0 bridgehead atoms. The predicted octanol–water partition coefficient (Wildman–Crippen LogP) is 2.21. The van der Waals surface area contributed by atoms with Gasteiger partial charge in [0, 0.05) is 6.54 Å². The lowest BCUT2D eigenvalue weighted by molar-refractivity contribution is 0.128. The zero-order chi connectivity index (χ0) is 11.1. The minimum atomic E-state index is 0.531. The summed E-state index contributed by atoms with van der Waals surface area (Å²) in [6.07, 6.45) is 0. The molecule has 4 heteroatoms. The molecule has 0 spiro atoms. The fourth-order valence-corrected chi connectivity index (χ4v) is 1.44. The molecule has 0 saturated carbocycles. The molecule has 0 aromatic heterocycles. The topological polar surface area (TPSA) is 44.5 Å². The quantitative estimate of drug-likeness (QED) is 0.761. The number of halogens is 1. The van der Waals surface area contributed by atoms with Gasteiger partial charge in [-0.25, -0.2) is 0 Å². The minimum absolute atomic E-state index is 0.531. The summed E-state index contributed by atoms with van der Waals surface area (Å²) in [6, 6.07) is 5.64. The second-order valence-electron chi connectivity index (χ2n) is 3.04. The van der Waals surface area contributed by atoms with Gasteiger partial charge in [-0.2, -0.15) is 0 Å². The predicted molar refractivity (Wildman–Crippen MR) is 61.3 cm³/mol. The Kier molecular flexibility index (Phi) is 5.47. The van der Waals surface area contributed by atoms with Gasteiger partial charge in [-0.15, -0.1) is 0 Å². The number of nitrogens with two attached hydrogens (primary N) is 1. The van der Waals surface area contributed by atoms with E-state index in [-0.39, 0.29) is 0 Å². The molecule has 0 aliphatic rings. The number of rotatable bonds is 6. The van der Waals surface area contributed by atoms with Crippen molar-refractivity contribution in [2.45, 2.75) is 13.5 Å². The second-order valence-corrected chi connectivity index (χ2v) is 3.45. The largest absolute Gasteiger partial charge is 0.492 e. The highest BCUT2D eigenvalue weighted by molar-refractivity contribution is 6.32. The van der Waals surface area contributed by atoms with Crippen LogP contribution in [0.4, 0.5) is 0 Å². The average molecular weight is 230 g/mol. The van der Waals surface area contributed by atoms with Gasteiger partial charge in [-0.1, -0.05) is 17.7 Å². The van der Waals surface area contributed by atoms with E-state index in [1.54, 1.807) is 0 Å². The molecule has 0 aliphatic heterocycles. The van der Waals surface area contributed by atoms with Gasteiger partial charge in [-0.3, -0.25) is 0 Å². The summed E-state index contributed by atoms with van der Waals surface area (Å²) in [5.41, 5.74) is 6.34. The van der Waals surface area contributed by atoms with E-state index in [1.807, 2.05) is 25.1 Å². The smallest absolute Gasteiger partial charge is 0.137 e. The van der Waals surface area contributed by atoms with E-state index >= 15 is 0 Å². The van der Waals surface area contributed by atoms with Crippen LogP contribution in [0.5, 0.6) is 5.75 Å². The first kappa shape index (κ1) is 12.3. The first-order valence-electron chi connectivity index (χ1n) is 4.97. The Balaban J connectivity index is 2.56. The van der Waals surface area contributed by atoms with E-state index < -0.39 is 0 Å². The highest BCUT2D eigenvalue weighted by Gasteiger charge is 2.02. The molecule has 2 N–H and O–H groups in total. The summed E-state index contributed by atoms with van der Waals surface area (Å²) in [4.78, 5) is 0. The molecule has 0 saturated heterocycles. The van der Waals surface area contributed by atoms with Crippen LogP contribution in [0.3, 0.4) is 0 Å². The first-order chi connectivity index (χ1) is 7.27. The lowest BCUT2D eigenvalue weighted by atomic mass is 10.2. The van der Waals surface area contributed by atoms with Crippen molar-refractivity contribution in [2.75, 3.05) is 19.8 Å². The monoisotopic (exact) mass is 229 g/mol. The maximum Gasteiger partial charge on any atom is 0.137 e. The zero-order valence-corrected chi connectivity index (χ0v) is 9.59. The SMILES string of the molecule is CCOc1ccc(COCCN)cc1Cl. The van der Waals surface area contributed by atoms with Crippen LogP contribution < -0.4 is 10.5 Å². The van der Waals surface area contributed by atoms with Crippen molar-refractivity contribution < 1.29 is 9.47 Å². The van der Waals surface area contributed by atoms with E-state index in [2.05, 4.69) is 0 Å². The Morgan fingerprint density at radius 1 is 1.40 bits per heavy atom. The third-order valence-corrected chi connectivity index (χ3v) is 2.12. The molecule has 0 radical (unpaired) electrons. The second kappa shape index (κ2) is 6.67. The molecule has 0 heterocycles. The van der Waals surface area contributed by atoms with Crippen LogP contribution in [0.2, 0.25) is 5.02 Å². The lowest BCUT2D eigenvalue weighted by Gasteiger charge is -2.08. The molecule has 0 amide bonds. The Bertz CT molecular complexity index is 305. The number of ether oxygens (including phenoxy) is 2. The van der Waals surface area contributed by atoms with Crippen LogP contribution in [0.1, 0.15) is 12.5 Å². The van der Waals surface area contributed by atoms with E-state index in [9.17, 15) is 0 Å². The summed E-state index contributed by atoms with van der Waals surface area (Å²) >= 11 is 6.02. The number of hydrogen-bond donors (Lipinski definition) is 1. The lowest BCUT2D eigenvalue weighted by Crippen LogP contribution is -2.08. The molecule has 84 valence electrons. The molecule has 1 aromatic rings. The van der Waals surface area contributed by atoms with Crippen LogP contribution in [0, 0.1) is 0 Å². The van der Waals surface area contributed by atoms with Gasteiger partial charge < -0.3 is 15.2 Å². The summed E-state index contributed by atoms with van der Waals surface area (Å²) in [5, 5.41) is 0.616. The summed E-state index contributed by atoms with van der Waals surface area (Å²) in [6.45, 7) is 4.16. The van der Waals surface area contributed by atoms with Crippen molar-refractivity contribution in [1.29, 1.82) is 0 Å². The molecule has 1 aromatic carbocycles. The highest BCUT2D eigenvalue weighted by Crippen LogP contribution is 2.25. The standard InChI is InChI=1S/C11H16ClNO2/c1-2-15-11-4-3-9(7-10(11)12)8-14-6-5-13/h3-4,7H,2,5-6,8,13H2,1H3. The Morgan fingerprint density at radius 3 is 2.80 bits per heavy atom. The van der Waals surface area contributed by atoms with Crippen molar-refractivity contribution >= 4 is 11.6 Å². The molecular formula is C11H16ClNO2. The van der Waals surface area contributed by atoms with Crippen molar-refractivity contribution in [2.24, 2.45) is 5.73 Å². The van der Waals surface area contributed by atoms with Crippen LogP contribution >= 0.6 is 11.6 Å². The van der Waals surface area contributed by atoms with E-state index in [4.69, 9.17) is 26.8 Å². The Hall–Kier alpha value is -0.770. The molecular weight excluding hydrogens is 214 g/mol. The van der Waals surface area contributed by atoms with Gasteiger partial charge in [0.05, 0.1) is 24.8 Å². The third kappa shape index (κ3) is 4.08. The van der Waals surface area contributed by atoms with Crippen LogP contribution in [0.25, 0.3) is 0 Å². The molecule has 3 nitrogen and oxygen atoms in total. The number of hydrogen-bond acceptors (Lipinski definition) is 3. The van der Waals surface area contributed by atoms with Crippen molar-refractivity contribution in [3.05, 3.63) is 28.8 Å². The Labute approximate surface area is 95.1 Å². The van der Waals surface area contributed by atoms with Crippen molar-refractivity contribution in [3.63, 3.8) is 0 Å². The third-order valence-electron chi connectivity index (χ3n) is 1.83. The first-order valence-corrected chi connectivity index (χ1v) is 5.34. The maximum atomic E-state index is 6.02. The molecule has 15 heavy (non-hydrogen) atoms. The van der Waals surface area contributed by atoms with Gasteiger partial charge >= 0.3 is 0 Å². The summed E-state index contributed by atoms with van der Waals surface area (Å²) in [7, 11) is 0. The highest BCUT2D eigenvalue weighted by atomic mass is 35.5. The maximum absolute atomic E-state index is 6.02. The molecule has 1 rings (SSSR count). The van der Waals surface area contributed by atoms with Gasteiger partial charge in [0.15, 0.2) is 0 Å². The Morgan fingerprint density at radius 2 is 2.20 bits per heavy atom. The fourth-order valence-electron chi connectivity index (χ4n) is 1.18. The summed E-state index contributed by atoms with van der Waals surface area (Å²) < 4.78 is 10.6. The van der Waals surface area contributed by atoms with Gasteiger partial charge in [0.2, 0.25) is 0 Å². The van der Waals surface area contributed by atoms with Gasteiger partial charge in [-0.05, 0) is 24.6 Å². The molecule has 0 unspecified atom stereocenters. The number of benzene rings is 1. The zero-order valence-electron chi connectivity index (χ0n) is 8.83. The van der Waals surface area contributed by atoms with E-state index in [0.29, 0.717) is 37.1 Å². The summed E-state index contributed by atoms with van der Waals surface area (Å²) in [5.74, 6) is 0.710. The van der Waals surface area contributed by atoms with Gasteiger partial charge in [0.1, 0.15) is 5.75 Å². The molecule has 0 aliphatic carbocycles. The van der Waals surface area contributed by atoms with E-state index in [1.165, 1.54) is 0 Å². The minimum Gasteiger partial charge on any atom is -0.492 e. The molecule has 0 atom stereocenters. The van der Waals surface area contributed by atoms with Crippen LogP contribution in [-0.4, -0.2) is 19.8 Å². The molecule has 0 fully saturated rings. The van der Waals surface area contributed by atoms with E-state index in [0.717, 1.165) is 5.56 Å².